The number of guanidine groups is 1. The summed E-state index contributed by atoms with van der Waals surface area (Å²) in [5.41, 5.74) is 2.54. The molecule has 3 rings (SSSR count). The quantitative estimate of drug-likeness (QED) is 0.777. The number of hydrogen-bond acceptors (Lipinski definition) is 4. The van der Waals surface area contributed by atoms with E-state index in [0.29, 0.717) is 0 Å². The van der Waals surface area contributed by atoms with Gasteiger partial charge in [-0.05, 0) is 17.5 Å². The highest BCUT2D eigenvalue weighted by molar-refractivity contribution is 14.0. The van der Waals surface area contributed by atoms with E-state index in [4.69, 9.17) is 0 Å². The third kappa shape index (κ3) is 4.73. The Morgan fingerprint density at radius 3 is 2.95 bits per heavy atom. The zero-order chi connectivity index (χ0) is 13.6. The summed E-state index contributed by atoms with van der Waals surface area (Å²) < 4.78 is 2.07. The van der Waals surface area contributed by atoms with Crippen LogP contribution in [0.3, 0.4) is 0 Å². The van der Waals surface area contributed by atoms with Crippen LogP contribution in [0.5, 0.6) is 0 Å². The zero-order valence-corrected chi connectivity index (χ0v) is 14.2. The second-order valence-electron chi connectivity index (χ2n) is 4.92. The number of aliphatic imine (C=N–C) groups is 1. The fourth-order valence-electron chi connectivity index (χ4n) is 2.27. The third-order valence-corrected chi connectivity index (χ3v) is 3.27. The van der Waals surface area contributed by atoms with Gasteiger partial charge in [0.1, 0.15) is 0 Å². The van der Waals surface area contributed by atoms with Crippen LogP contribution in [0, 0.1) is 0 Å². The number of hydrogen-bond donors (Lipinski definition) is 2. The van der Waals surface area contributed by atoms with Crippen molar-refractivity contribution in [2.45, 2.75) is 19.5 Å². The molecule has 6 heteroatoms. The molecular weight excluding hydrogens is 377 g/mol. The second-order valence-corrected chi connectivity index (χ2v) is 4.92. The number of rotatable bonds is 4. The Bertz CT molecular complexity index is 580. The Labute approximate surface area is 141 Å². The van der Waals surface area contributed by atoms with Crippen molar-refractivity contribution in [3.05, 3.63) is 54.1 Å². The predicted molar refractivity (Wildman–Crippen MR) is 94.9 cm³/mol. The minimum absolute atomic E-state index is 0. The summed E-state index contributed by atoms with van der Waals surface area (Å²) in [6, 6.07) is 8.59. The Hall–Kier alpha value is -1.57. The number of nitrogens with zero attached hydrogens (tertiary/aromatic N) is 3. The molecule has 0 amide bonds. The standard InChI is InChI=1S/C15H19N5.HI/c1-3-13(10-19-15-17-5-2-6-18-15)9-14(4-1)11-20-8-7-16-12-20;/h1,3-4,7-9,12H,2,5-6,10-11H2,(H2,17,18,19);1H. The van der Waals surface area contributed by atoms with E-state index in [-0.39, 0.29) is 24.0 Å². The van der Waals surface area contributed by atoms with Crippen LogP contribution in [0.4, 0.5) is 0 Å². The lowest BCUT2D eigenvalue weighted by molar-refractivity contribution is 0.701. The lowest BCUT2D eigenvalue weighted by Gasteiger charge is -2.16. The number of benzene rings is 1. The lowest BCUT2D eigenvalue weighted by atomic mass is 10.1. The minimum Gasteiger partial charge on any atom is -0.356 e. The van der Waals surface area contributed by atoms with Crippen LogP contribution in [-0.4, -0.2) is 28.6 Å². The molecule has 1 aromatic heterocycles. The molecule has 0 saturated heterocycles. The molecule has 0 aliphatic carbocycles. The molecule has 2 aromatic rings. The van der Waals surface area contributed by atoms with Gasteiger partial charge in [0.15, 0.2) is 5.96 Å². The summed E-state index contributed by atoms with van der Waals surface area (Å²) in [7, 11) is 0. The van der Waals surface area contributed by atoms with Gasteiger partial charge in [-0.25, -0.2) is 4.98 Å². The third-order valence-electron chi connectivity index (χ3n) is 3.27. The monoisotopic (exact) mass is 397 g/mol. The summed E-state index contributed by atoms with van der Waals surface area (Å²) in [6.07, 6.45) is 6.74. The van der Waals surface area contributed by atoms with E-state index in [2.05, 4.69) is 49.4 Å². The number of imidazole rings is 1. The van der Waals surface area contributed by atoms with Gasteiger partial charge in [0.05, 0.1) is 6.33 Å². The van der Waals surface area contributed by atoms with Crippen molar-refractivity contribution in [2.75, 3.05) is 13.1 Å². The van der Waals surface area contributed by atoms with Gasteiger partial charge in [0.25, 0.3) is 0 Å². The van der Waals surface area contributed by atoms with Crippen LogP contribution < -0.4 is 10.6 Å². The fourth-order valence-corrected chi connectivity index (χ4v) is 2.27. The first-order valence-corrected chi connectivity index (χ1v) is 6.96. The second kappa shape index (κ2) is 8.02. The highest BCUT2D eigenvalue weighted by Gasteiger charge is 2.03. The Morgan fingerprint density at radius 1 is 1.29 bits per heavy atom. The molecule has 0 unspecified atom stereocenters. The number of nitrogens with one attached hydrogen (secondary N) is 2. The van der Waals surface area contributed by atoms with Crippen molar-refractivity contribution in [3.63, 3.8) is 0 Å². The molecule has 0 atom stereocenters. The van der Waals surface area contributed by atoms with E-state index in [1.807, 2.05) is 12.5 Å². The summed E-state index contributed by atoms with van der Waals surface area (Å²) in [5.74, 6) is 0.913. The summed E-state index contributed by atoms with van der Waals surface area (Å²) in [4.78, 5) is 8.47. The molecule has 2 heterocycles. The number of aromatic nitrogens is 2. The molecule has 0 fully saturated rings. The lowest BCUT2D eigenvalue weighted by Crippen LogP contribution is -2.40. The molecule has 112 valence electrons. The van der Waals surface area contributed by atoms with Gasteiger partial charge < -0.3 is 15.2 Å². The summed E-state index contributed by atoms with van der Waals surface area (Å²) in [6.45, 7) is 3.57. The molecular formula is C15H20IN5. The Balaban J connectivity index is 0.00000161. The first kappa shape index (κ1) is 15.8. The van der Waals surface area contributed by atoms with Gasteiger partial charge in [0, 0.05) is 38.6 Å². The van der Waals surface area contributed by atoms with E-state index in [9.17, 15) is 0 Å². The molecule has 2 N–H and O–H groups in total. The van der Waals surface area contributed by atoms with Gasteiger partial charge in [-0.15, -0.1) is 24.0 Å². The van der Waals surface area contributed by atoms with Crippen molar-refractivity contribution in [3.8, 4) is 0 Å². The van der Waals surface area contributed by atoms with Crippen molar-refractivity contribution < 1.29 is 0 Å². The molecule has 5 nitrogen and oxygen atoms in total. The zero-order valence-electron chi connectivity index (χ0n) is 11.8. The average Bonchev–Trinajstić information content (AvgIpc) is 3.00. The van der Waals surface area contributed by atoms with Crippen molar-refractivity contribution in [1.82, 2.24) is 20.2 Å². The topological polar surface area (TPSA) is 54.2 Å². The summed E-state index contributed by atoms with van der Waals surface area (Å²) >= 11 is 0. The maximum Gasteiger partial charge on any atom is 0.191 e. The molecule has 0 bridgehead atoms. The Morgan fingerprint density at radius 2 is 2.19 bits per heavy atom. The molecule has 1 aliphatic rings. The smallest absolute Gasteiger partial charge is 0.191 e. The molecule has 21 heavy (non-hydrogen) atoms. The predicted octanol–water partition coefficient (Wildman–Crippen LogP) is 1.99. The van der Waals surface area contributed by atoms with Crippen molar-refractivity contribution in [2.24, 2.45) is 4.99 Å². The molecule has 0 spiro atoms. The molecule has 1 aromatic carbocycles. The van der Waals surface area contributed by atoms with Crippen LogP contribution >= 0.6 is 24.0 Å². The maximum absolute atomic E-state index is 4.41. The SMILES string of the molecule is I.c1cc(CNC2=NCCCN2)cc(Cn2ccnc2)c1. The van der Waals surface area contributed by atoms with Gasteiger partial charge >= 0.3 is 0 Å². The van der Waals surface area contributed by atoms with Crippen LogP contribution in [0.2, 0.25) is 0 Å². The van der Waals surface area contributed by atoms with Gasteiger partial charge in [-0.3, -0.25) is 4.99 Å². The Kier molecular flexibility index (Phi) is 6.04. The fraction of sp³-hybridized carbons (Fsp3) is 0.333. The number of halogens is 1. The highest BCUT2D eigenvalue weighted by atomic mass is 127. The maximum atomic E-state index is 4.41. The van der Waals surface area contributed by atoms with Crippen LogP contribution in [-0.2, 0) is 13.1 Å². The van der Waals surface area contributed by atoms with Crippen LogP contribution in [0.15, 0.2) is 48.0 Å². The van der Waals surface area contributed by atoms with E-state index >= 15 is 0 Å². The average molecular weight is 397 g/mol. The van der Waals surface area contributed by atoms with E-state index in [1.54, 1.807) is 6.20 Å². The van der Waals surface area contributed by atoms with Gasteiger partial charge in [0.2, 0.25) is 0 Å². The van der Waals surface area contributed by atoms with E-state index in [1.165, 1.54) is 11.1 Å². The van der Waals surface area contributed by atoms with Crippen LogP contribution in [0.25, 0.3) is 0 Å². The minimum atomic E-state index is 0. The van der Waals surface area contributed by atoms with Crippen LogP contribution in [0.1, 0.15) is 17.5 Å². The first-order chi connectivity index (χ1) is 9.90. The van der Waals surface area contributed by atoms with Gasteiger partial charge in [-0.1, -0.05) is 24.3 Å². The van der Waals surface area contributed by atoms with Crippen molar-refractivity contribution in [1.29, 1.82) is 0 Å². The largest absolute Gasteiger partial charge is 0.356 e. The molecule has 0 saturated carbocycles. The van der Waals surface area contributed by atoms with Gasteiger partial charge in [-0.2, -0.15) is 0 Å². The highest BCUT2D eigenvalue weighted by Crippen LogP contribution is 2.07. The molecule has 0 radical (unpaired) electrons. The summed E-state index contributed by atoms with van der Waals surface area (Å²) in [5, 5.41) is 6.61. The van der Waals surface area contributed by atoms with E-state index < -0.39 is 0 Å². The van der Waals surface area contributed by atoms with Crippen molar-refractivity contribution >= 4 is 29.9 Å². The normalized spacial score (nSPS) is 13.8. The van der Waals surface area contributed by atoms with E-state index in [0.717, 1.165) is 38.6 Å². The first-order valence-electron chi connectivity index (χ1n) is 6.96. The molecule has 1 aliphatic heterocycles.